The maximum absolute atomic E-state index is 12.1. The van der Waals surface area contributed by atoms with Gasteiger partial charge in [0.25, 0.3) is 0 Å². The zero-order valence-electron chi connectivity index (χ0n) is 11.5. The Kier molecular flexibility index (Phi) is 6.80. The van der Waals surface area contributed by atoms with E-state index in [1.807, 2.05) is 0 Å². The van der Waals surface area contributed by atoms with Crippen molar-refractivity contribution >= 4 is 11.6 Å². The molecule has 1 amide bonds. The largest absolute Gasteiger partial charge is 0.573 e. The third-order valence-corrected chi connectivity index (χ3v) is 2.37. The first-order valence-corrected chi connectivity index (χ1v) is 6.26. The molecule has 0 aliphatic rings. The van der Waals surface area contributed by atoms with Crippen LogP contribution < -0.4 is 15.4 Å². The van der Waals surface area contributed by atoms with Gasteiger partial charge in [-0.05, 0) is 18.6 Å². The number of hydrogen-bond acceptors (Lipinski definition) is 4. The zero-order chi connectivity index (χ0) is 15.7. The molecule has 1 aromatic carbocycles. The summed E-state index contributed by atoms with van der Waals surface area (Å²) in [5, 5.41) is 5.37. The van der Waals surface area contributed by atoms with Crippen LogP contribution in [0.25, 0.3) is 0 Å². The lowest BCUT2D eigenvalue weighted by Gasteiger charge is -2.11. The normalized spacial score (nSPS) is 11.0. The van der Waals surface area contributed by atoms with Crippen LogP contribution in [0.2, 0.25) is 0 Å². The number of carbonyl (C=O) groups is 1. The van der Waals surface area contributed by atoms with Crippen LogP contribution >= 0.6 is 0 Å². The van der Waals surface area contributed by atoms with Gasteiger partial charge >= 0.3 is 6.36 Å². The molecular formula is C13H17F3N2O3. The SMILES string of the molecule is COCCCNC(=O)CNc1cccc(OC(F)(F)F)c1. The van der Waals surface area contributed by atoms with Crippen LogP contribution in [0.1, 0.15) is 6.42 Å². The van der Waals surface area contributed by atoms with Crippen molar-refractivity contribution < 1.29 is 27.4 Å². The predicted molar refractivity (Wildman–Crippen MR) is 71.1 cm³/mol. The number of anilines is 1. The quantitative estimate of drug-likeness (QED) is 0.723. The molecule has 0 unspecified atom stereocenters. The Balaban J connectivity index is 2.38. The van der Waals surface area contributed by atoms with Gasteiger partial charge in [0.15, 0.2) is 0 Å². The van der Waals surface area contributed by atoms with E-state index in [0.717, 1.165) is 0 Å². The van der Waals surface area contributed by atoms with Crippen LogP contribution in [0.15, 0.2) is 24.3 Å². The molecule has 0 spiro atoms. The Morgan fingerprint density at radius 3 is 2.76 bits per heavy atom. The maximum Gasteiger partial charge on any atom is 0.573 e. The summed E-state index contributed by atoms with van der Waals surface area (Å²) in [4.78, 5) is 11.5. The molecule has 118 valence electrons. The van der Waals surface area contributed by atoms with E-state index in [-0.39, 0.29) is 18.2 Å². The van der Waals surface area contributed by atoms with Crippen LogP contribution in [0.4, 0.5) is 18.9 Å². The fraction of sp³-hybridized carbons (Fsp3) is 0.462. The van der Waals surface area contributed by atoms with Crippen LogP contribution in [-0.4, -0.2) is 39.1 Å². The van der Waals surface area contributed by atoms with Gasteiger partial charge in [-0.1, -0.05) is 6.07 Å². The Morgan fingerprint density at radius 2 is 2.10 bits per heavy atom. The van der Waals surface area contributed by atoms with Crippen molar-refractivity contribution in [2.24, 2.45) is 0 Å². The highest BCUT2D eigenvalue weighted by molar-refractivity contribution is 5.80. The van der Waals surface area contributed by atoms with Gasteiger partial charge in [-0.2, -0.15) is 0 Å². The Labute approximate surface area is 120 Å². The highest BCUT2D eigenvalue weighted by Gasteiger charge is 2.31. The van der Waals surface area contributed by atoms with Crippen molar-refractivity contribution in [1.82, 2.24) is 5.32 Å². The van der Waals surface area contributed by atoms with Gasteiger partial charge in [0.1, 0.15) is 5.75 Å². The molecule has 1 rings (SSSR count). The number of alkyl halides is 3. The first kappa shape index (κ1) is 17.1. The van der Waals surface area contributed by atoms with Gasteiger partial charge in [-0.15, -0.1) is 13.2 Å². The van der Waals surface area contributed by atoms with Crippen LogP contribution in [0.3, 0.4) is 0 Å². The van der Waals surface area contributed by atoms with Gasteiger partial charge in [-0.3, -0.25) is 4.79 Å². The lowest BCUT2D eigenvalue weighted by molar-refractivity contribution is -0.274. The van der Waals surface area contributed by atoms with E-state index in [4.69, 9.17) is 4.74 Å². The average Bonchev–Trinajstić information content (AvgIpc) is 2.40. The minimum atomic E-state index is -4.74. The molecule has 0 aromatic heterocycles. The maximum atomic E-state index is 12.1. The van der Waals surface area contributed by atoms with E-state index in [0.29, 0.717) is 25.3 Å². The van der Waals surface area contributed by atoms with Gasteiger partial charge in [0, 0.05) is 32.0 Å². The van der Waals surface area contributed by atoms with Crippen molar-refractivity contribution in [3.8, 4) is 5.75 Å². The molecule has 21 heavy (non-hydrogen) atoms. The summed E-state index contributed by atoms with van der Waals surface area (Å²) in [5.74, 6) is -0.596. The van der Waals surface area contributed by atoms with Crippen molar-refractivity contribution in [1.29, 1.82) is 0 Å². The third kappa shape index (κ3) is 8.03. The Bertz CT molecular complexity index is 453. The molecule has 8 heteroatoms. The first-order chi connectivity index (χ1) is 9.90. The average molecular weight is 306 g/mol. The van der Waals surface area contributed by atoms with Crippen molar-refractivity contribution in [2.75, 3.05) is 32.1 Å². The van der Waals surface area contributed by atoms with Gasteiger partial charge in [0.05, 0.1) is 6.54 Å². The molecule has 5 nitrogen and oxygen atoms in total. The molecule has 0 bridgehead atoms. The van der Waals surface area contributed by atoms with E-state index >= 15 is 0 Å². The van der Waals surface area contributed by atoms with Crippen molar-refractivity contribution in [3.05, 3.63) is 24.3 Å². The number of methoxy groups -OCH3 is 1. The number of carbonyl (C=O) groups excluding carboxylic acids is 1. The number of benzene rings is 1. The molecule has 0 saturated heterocycles. The molecule has 0 aliphatic carbocycles. The molecule has 0 atom stereocenters. The fourth-order valence-electron chi connectivity index (χ4n) is 1.49. The molecule has 0 aliphatic heterocycles. The second-order valence-electron chi connectivity index (χ2n) is 4.13. The monoisotopic (exact) mass is 306 g/mol. The molecule has 0 fully saturated rings. The third-order valence-electron chi connectivity index (χ3n) is 2.37. The van der Waals surface area contributed by atoms with Gasteiger partial charge < -0.3 is 20.1 Å². The molecule has 0 saturated carbocycles. The van der Waals surface area contributed by atoms with E-state index in [2.05, 4.69) is 15.4 Å². The minimum absolute atomic E-state index is 0.0392. The van der Waals surface area contributed by atoms with E-state index in [1.165, 1.54) is 18.2 Å². The molecule has 1 aromatic rings. The summed E-state index contributed by atoms with van der Waals surface area (Å²) in [6.45, 7) is 0.985. The summed E-state index contributed by atoms with van der Waals surface area (Å²) in [7, 11) is 1.57. The second kappa shape index (κ2) is 8.35. The molecule has 0 heterocycles. The number of amides is 1. The fourth-order valence-corrected chi connectivity index (χ4v) is 1.49. The second-order valence-corrected chi connectivity index (χ2v) is 4.13. The summed E-state index contributed by atoms with van der Waals surface area (Å²) in [6.07, 6.45) is -4.05. The smallest absolute Gasteiger partial charge is 0.406 e. The van der Waals surface area contributed by atoms with Crippen LogP contribution in [0, 0.1) is 0 Å². The number of hydrogen-bond donors (Lipinski definition) is 2. The number of ether oxygens (including phenoxy) is 2. The topological polar surface area (TPSA) is 59.6 Å². The Hall–Kier alpha value is -1.96. The standard InChI is InChI=1S/C13H17F3N2O3/c1-20-7-3-6-17-12(19)9-18-10-4-2-5-11(8-10)21-13(14,15)16/h2,4-5,8,18H,3,6-7,9H2,1H3,(H,17,19). The predicted octanol–water partition coefficient (Wildman–Crippen LogP) is 2.15. The lowest BCUT2D eigenvalue weighted by atomic mass is 10.3. The van der Waals surface area contributed by atoms with Crippen molar-refractivity contribution in [3.63, 3.8) is 0 Å². The molecular weight excluding hydrogens is 289 g/mol. The summed E-state index contributed by atoms with van der Waals surface area (Å²) >= 11 is 0. The highest BCUT2D eigenvalue weighted by atomic mass is 19.4. The molecule has 0 radical (unpaired) electrons. The van der Waals surface area contributed by atoms with Gasteiger partial charge in [-0.25, -0.2) is 0 Å². The highest BCUT2D eigenvalue weighted by Crippen LogP contribution is 2.24. The van der Waals surface area contributed by atoms with E-state index in [9.17, 15) is 18.0 Å². The number of halogens is 3. The number of nitrogens with one attached hydrogen (secondary N) is 2. The first-order valence-electron chi connectivity index (χ1n) is 6.26. The lowest BCUT2D eigenvalue weighted by Crippen LogP contribution is -2.31. The zero-order valence-corrected chi connectivity index (χ0v) is 11.5. The summed E-state index contributed by atoms with van der Waals surface area (Å²) in [6, 6.07) is 5.30. The van der Waals surface area contributed by atoms with Crippen LogP contribution in [0.5, 0.6) is 5.75 Å². The summed E-state index contributed by atoms with van der Waals surface area (Å²) < 4.78 is 44.8. The van der Waals surface area contributed by atoms with Crippen molar-refractivity contribution in [2.45, 2.75) is 12.8 Å². The van der Waals surface area contributed by atoms with Crippen LogP contribution in [-0.2, 0) is 9.53 Å². The number of rotatable bonds is 8. The van der Waals surface area contributed by atoms with E-state index < -0.39 is 6.36 Å². The summed E-state index contributed by atoms with van der Waals surface area (Å²) in [5.41, 5.74) is 0.365. The Morgan fingerprint density at radius 1 is 1.33 bits per heavy atom. The minimum Gasteiger partial charge on any atom is -0.406 e. The molecule has 2 N–H and O–H groups in total. The van der Waals surface area contributed by atoms with E-state index in [1.54, 1.807) is 13.2 Å². The van der Waals surface area contributed by atoms with Gasteiger partial charge in [0.2, 0.25) is 5.91 Å².